The van der Waals surface area contributed by atoms with Crippen LogP contribution in [-0.2, 0) is 24.7 Å². The molecule has 1 fully saturated rings. The van der Waals surface area contributed by atoms with E-state index >= 15 is 0 Å². The second-order valence-electron chi connectivity index (χ2n) is 5.24. The molecule has 1 aromatic carbocycles. The molecule has 122 valence electrons. The first-order chi connectivity index (χ1) is 10.1. The van der Waals surface area contributed by atoms with Crippen LogP contribution in [0.25, 0.3) is 0 Å². The summed E-state index contributed by atoms with van der Waals surface area (Å²) < 4.78 is 49.2. The molecule has 0 aliphatic carbocycles. The summed E-state index contributed by atoms with van der Waals surface area (Å²) in [5.41, 5.74) is 0. The highest BCUT2D eigenvalue weighted by Crippen LogP contribution is 2.25. The van der Waals surface area contributed by atoms with E-state index < -0.39 is 31.7 Å². The Bertz CT molecular complexity index is 777. The molecule has 1 heterocycles. The van der Waals surface area contributed by atoms with Gasteiger partial charge in [-0.15, -0.1) is 0 Å². The number of carbonyl (C=O) groups is 1. The zero-order chi connectivity index (χ0) is 16.5. The fourth-order valence-electron chi connectivity index (χ4n) is 2.35. The summed E-state index contributed by atoms with van der Waals surface area (Å²) in [5.74, 6) is -1.81. The number of aliphatic carboxylic acids is 1. The summed E-state index contributed by atoms with van der Waals surface area (Å²) in [6.45, 7) is 0.147. The summed E-state index contributed by atoms with van der Waals surface area (Å²) >= 11 is 0. The lowest BCUT2D eigenvalue weighted by Crippen LogP contribution is -2.43. The van der Waals surface area contributed by atoms with E-state index in [1.807, 2.05) is 0 Å². The molecule has 9 heteroatoms. The largest absolute Gasteiger partial charge is 0.550 e. The van der Waals surface area contributed by atoms with Gasteiger partial charge >= 0.3 is 0 Å². The minimum Gasteiger partial charge on any atom is -0.550 e. The highest BCUT2D eigenvalue weighted by molar-refractivity contribution is 7.91. The van der Waals surface area contributed by atoms with Crippen molar-refractivity contribution in [2.75, 3.05) is 19.3 Å². The Balaban J connectivity index is 2.27. The van der Waals surface area contributed by atoms with Crippen LogP contribution in [0.3, 0.4) is 0 Å². The molecule has 1 saturated heterocycles. The Hall–Kier alpha value is -1.45. The van der Waals surface area contributed by atoms with E-state index in [2.05, 4.69) is 0 Å². The van der Waals surface area contributed by atoms with Gasteiger partial charge in [0.25, 0.3) is 0 Å². The van der Waals surface area contributed by atoms with E-state index in [-0.39, 0.29) is 35.7 Å². The molecular weight excluding hydrogens is 330 g/mol. The van der Waals surface area contributed by atoms with Gasteiger partial charge in [-0.25, -0.2) is 16.8 Å². The maximum atomic E-state index is 12.5. The van der Waals surface area contributed by atoms with Gasteiger partial charge in [0.15, 0.2) is 9.84 Å². The average Bonchev–Trinajstić information content (AvgIpc) is 2.46. The van der Waals surface area contributed by atoms with Gasteiger partial charge in [0.1, 0.15) is 0 Å². The number of benzene rings is 1. The Kier molecular flexibility index (Phi) is 4.59. The Labute approximate surface area is 129 Å². The first-order valence-corrected chi connectivity index (χ1v) is 9.96. The van der Waals surface area contributed by atoms with Crippen LogP contribution in [0, 0.1) is 5.92 Å². The third-order valence-corrected chi connectivity index (χ3v) is 6.66. The number of carboxylic acids is 1. The van der Waals surface area contributed by atoms with Crippen LogP contribution in [0.5, 0.6) is 0 Å². The number of hydrogen-bond donors (Lipinski definition) is 0. The highest BCUT2D eigenvalue weighted by Gasteiger charge is 2.30. The first kappa shape index (κ1) is 16.9. The lowest BCUT2D eigenvalue weighted by atomic mass is 9.99. The van der Waals surface area contributed by atoms with Crippen LogP contribution in [0.2, 0.25) is 0 Å². The molecule has 0 spiro atoms. The lowest BCUT2D eigenvalue weighted by molar-refractivity contribution is -0.312. The molecule has 0 atom stereocenters. The topological polar surface area (TPSA) is 112 Å². The second kappa shape index (κ2) is 5.98. The minimum atomic E-state index is -3.84. The van der Waals surface area contributed by atoms with Crippen LogP contribution in [0.15, 0.2) is 34.1 Å². The normalized spacial score (nSPS) is 18.2. The maximum absolute atomic E-state index is 12.5. The monoisotopic (exact) mass is 346 g/mol. The third-order valence-electron chi connectivity index (χ3n) is 3.66. The lowest BCUT2D eigenvalue weighted by Gasteiger charge is -2.31. The number of piperidine rings is 1. The molecule has 0 amide bonds. The van der Waals surface area contributed by atoms with Gasteiger partial charge in [-0.1, -0.05) is 6.07 Å². The van der Waals surface area contributed by atoms with Crippen molar-refractivity contribution in [2.45, 2.75) is 22.6 Å². The molecule has 1 aliphatic heterocycles. The molecule has 1 aliphatic rings. The Morgan fingerprint density at radius 1 is 1.14 bits per heavy atom. The Morgan fingerprint density at radius 3 is 2.18 bits per heavy atom. The van der Waals surface area contributed by atoms with Crippen molar-refractivity contribution < 1.29 is 26.7 Å². The van der Waals surface area contributed by atoms with E-state index in [1.54, 1.807) is 0 Å². The predicted octanol–water partition coefficient (Wildman–Crippen LogP) is -0.759. The van der Waals surface area contributed by atoms with Crippen LogP contribution in [-0.4, -0.2) is 46.5 Å². The maximum Gasteiger partial charge on any atom is 0.243 e. The van der Waals surface area contributed by atoms with Crippen molar-refractivity contribution in [2.24, 2.45) is 5.92 Å². The van der Waals surface area contributed by atoms with E-state index in [0.29, 0.717) is 0 Å². The summed E-state index contributed by atoms with van der Waals surface area (Å²) in [6, 6.07) is 5.15. The van der Waals surface area contributed by atoms with Crippen LogP contribution >= 0.6 is 0 Å². The van der Waals surface area contributed by atoms with Crippen molar-refractivity contribution in [3.8, 4) is 0 Å². The van der Waals surface area contributed by atoms with Crippen LogP contribution in [0.4, 0.5) is 0 Å². The summed E-state index contributed by atoms with van der Waals surface area (Å²) in [7, 11) is -7.34. The van der Waals surface area contributed by atoms with Crippen molar-refractivity contribution in [1.82, 2.24) is 4.31 Å². The summed E-state index contributed by atoms with van der Waals surface area (Å²) in [4.78, 5) is 10.6. The molecular formula is C13H16NO6S2-. The number of rotatable bonds is 4. The van der Waals surface area contributed by atoms with Crippen molar-refractivity contribution in [3.63, 3.8) is 0 Å². The van der Waals surface area contributed by atoms with Gasteiger partial charge in [-0.3, -0.25) is 0 Å². The molecule has 7 nitrogen and oxygen atoms in total. The van der Waals surface area contributed by atoms with E-state index in [9.17, 15) is 26.7 Å². The molecule has 1 aromatic rings. The average molecular weight is 346 g/mol. The molecule has 0 radical (unpaired) electrons. The number of carboxylic acid groups (broad SMARTS) is 1. The summed E-state index contributed by atoms with van der Waals surface area (Å²) in [5, 5.41) is 10.8. The standard InChI is InChI=1S/C13H17NO6S2/c1-21(17,18)11-3-2-4-12(9-11)22(19,20)14-7-5-10(6-8-14)13(15)16/h2-4,9-10H,5-8H2,1H3,(H,15,16)/p-1. The number of nitrogens with zero attached hydrogens (tertiary/aromatic N) is 1. The van der Waals surface area contributed by atoms with E-state index in [0.717, 1.165) is 12.3 Å². The predicted molar refractivity (Wildman–Crippen MR) is 76.0 cm³/mol. The number of sulfone groups is 1. The van der Waals surface area contributed by atoms with Crippen molar-refractivity contribution >= 4 is 25.8 Å². The van der Waals surface area contributed by atoms with Gasteiger partial charge in [0.2, 0.25) is 10.0 Å². The zero-order valence-electron chi connectivity index (χ0n) is 11.9. The molecule has 0 unspecified atom stereocenters. The van der Waals surface area contributed by atoms with Crippen molar-refractivity contribution in [1.29, 1.82) is 0 Å². The van der Waals surface area contributed by atoms with Crippen LogP contribution < -0.4 is 5.11 Å². The zero-order valence-corrected chi connectivity index (χ0v) is 13.6. The van der Waals surface area contributed by atoms with Gasteiger partial charge in [-0.2, -0.15) is 4.31 Å². The molecule has 0 N–H and O–H groups in total. The smallest absolute Gasteiger partial charge is 0.243 e. The van der Waals surface area contributed by atoms with Gasteiger partial charge in [0.05, 0.1) is 9.79 Å². The first-order valence-electron chi connectivity index (χ1n) is 6.63. The highest BCUT2D eigenvalue weighted by atomic mass is 32.2. The molecule has 22 heavy (non-hydrogen) atoms. The van der Waals surface area contributed by atoms with Crippen molar-refractivity contribution in [3.05, 3.63) is 24.3 Å². The van der Waals surface area contributed by atoms with Gasteiger partial charge in [-0.05, 0) is 31.0 Å². The van der Waals surface area contributed by atoms with E-state index in [1.165, 1.54) is 22.5 Å². The molecule has 0 bridgehead atoms. The van der Waals surface area contributed by atoms with Crippen LogP contribution in [0.1, 0.15) is 12.8 Å². The summed E-state index contributed by atoms with van der Waals surface area (Å²) in [6.07, 6.45) is 1.38. The number of hydrogen-bond acceptors (Lipinski definition) is 6. The number of sulfonamides is 1. The van der Waals surface area contributed by atoms with E-state index in [4.69, 9.17) is 0 Å². The minimum absolute atomic E-state index is 0.0711. The molecule has 2 rings (SSSR count). The third kappa shape index (κ3) is 3.47. The molecule has 0 saturated carbocycles. The quantitative estimate of drug-likeness (QED) is 0.708. The molecule has 0 aromatic heterocycles. The number of carbonyl (C=O) groups excluding carboxylic acids is 1. The second-order valence-corrected chi connectivity index (χ2v) is 9.20. The fraction of sp³-hybridized carbons (Fsp3) is 0.462. The van der Waals surface area contributed by atoms with Gasteiger partial charge in [0, 0.05) is 31.2 Å². The Morgan fingerprint density at radius 2 is 1.68 bits per heavy atom. The SMILES string of the molecule is CS(=O)(=O)c1cccc(S(=O)(=O)N2CCC(C(=O)[O-])CC2)c1. The van der Waals surface area contributed by atoms with Gasteiger partial charge < -0.3 is 9.90 Å². The fourth-order valence-corrected chi connectivity index (χ4v) is 4.60.